The lowest BCUT2D eigenvalue weighted by Gasteiger charge is -2.09. The second-order valence-corrected chi connectivity index (χ2v) is 7.00. The molecule has 30 heavy (non-hydrogen) atoms. The highest BCUT2D eigenvalue weighted by molar-refractivity contribution is 5.89. The fourth-order valence-electron chi connectivity index (χ4n) is 3.13. The third-order valence-electron chi connectivity index (χ3n) is 4.83. The Morgan fingerprint density at radius 1 is 0.900 bits per heavy atom. The Morgan fingerprint density at radius 3 is 2.20 bits per heavy atom. The van der Waals surface area contributed by atoms with Crippen molar-refractivity contribution < 1.29 is 19.3 Å². The summed E-state index contributed by atoms with van der Waals surface area (Å²) in [6, 6.07) is 15.4. The molecule has 0 aliphatic rings. The molecule has 1 N–H and O–H groups in total. The molecular formula is C25H31NO4. The Kier molecular flexibility index (Phi) is 10.3. The first-order valence-corrected chi connectivity index (χ1v) is 10.4. The van der Waals surface area contributed by atoms with Crippen LogP contribution in [0.2, 0.25) is 0 Å². The molecule has 5 nitrogen and oxygen atoms in total. The molecule has 0 amide bonds. The quantitative estimate of drug-likeness (QED) is 0.269. The van der Waals surface area contributed by atoms with Crippen molar-refractivity contribution in [1.29, 1.82) is 5.26 Å². The van der Waals surface area contributed by atoms with Crippen LogP contribution in [-0.2, 0) is 0 Å². The van der Waals surface area contributed by atoms with Gasteiger partial charge < -0.3 is 19.3 Å². The van der Waals surface area contributed by atoms with E-state index in [2.05, 4.69) is 6.07 Å². The molecule has 0 fully saturated rings. The zero-order valence-corrected chi connectivity index (χ0v) is 17.9. The van der Waals surface area contributed by atoms with E-state index in [1.54, 1.807) is 14.2 Å². The van der Waals surface area contributed by atoms with Crippen LogP contribution in [0.5, 0.6) is 17.2 Å². The van der Waals surface area contributed by atoms with Gasteiger partial charge in [0.25, 0.3) is 0 Å². The molecule has 0 saturated heterocycles. The van der Waals surface area contributed by atoms with Crippen molar-refractivity contribution in [3.05, 3.63) is 53.6 Å². The molecule has 0 aliphatic heterocycles. The predicted octanol–water partition coefficient (Wildman–Crippen LogP) is 5.48. The van der Waals surface area contributed by atoms with E-state index in [-0.39, 0.29) is 6.61 Å². The van der Waals surface area contributed by atoms with Crippen LogP contribution in [-0.4, -0.2) is 32.5 Å². The van der Waals surface area contributed by atoms with Gasteiger partial charge in [-0.3, -0.25) is 0 Å². The van der Waals surface area contributed by atoms with Crippen LogP contribution in [0.15, 0.2) is 42.5 Å². The van der Waals surface area contributed by atoms with Crippen LogP contribution in [0.1, 0.15) is 49.7 Å². The summed E-state index contributed by atoms with van der Waals surface area (Å²) in [6.45, 7) is 0.974. The summed E-state index contributed by atoms with van der Waals surface area (Å²) in [7, 11) is 3.18. The van der Waals surface area contributed by atoms with Gasteiger partial charge in [-0.1, -0.05) is 31.7 Å². The maximum Gasteiger partial charge on any atom is 0.161 e. The van der Waals surface area contributed by atoms with E-state index < -0.39 is 0 Å². The van der Waals surface area contributed by atoms with Gasteiger partial charge in [-0.05, 0) is 66.4 Å². The first kappa shape index (κ1) is 23.3. The van der Waals surface area contributed by atoms with Crippen molar-refractivity contribution in [1.82, 2.24) is 0 Å². The zero-order chi connectivity index (χ0) is 21.6. The summed E-state index contributed by atoms with van der Waals surface area (Å²) in [5.41, 5.74) is 2.27. The van der Waals surface area contributed by atoms with Gasteiger partial charge in [0.15, 0.2) is 11.5 Å². The zero-order valence-electron chi connectivity index (χ0n) is 17.9. The molecule has 0 atom stereocenters. The van der Waals surface area contributed by atoms with Gasteiger partial charge in [-0.25, -0.2) is 0 Å². The average molecular weight is 410 g/mol. The fraction of sp³-hybridized carbons (Fsp3) is 0.400. The molecular weight excluding hydrogens is 378 g/mol. The number of unbranched alkanes of at least 4 members (excludes halogenated alkanes) is 5. The number of rotatable bonds is 13. The topological polar surface area (TPSA) is 71.7 Å². The third kappa shape index (κ3) is 7.46. The summed E-state index contributed by atoms with van der Waals surface area (Å²) in [4.78, 5) is 0. The first-order valence-electron chi connectivity index (χ1n) is 10.4. The smallest absolute Gasteiger partial charge is 0.161 e. The van der Waals surface area contributed by atoms with E-state index in [1.807, 2.05) is 48.5 Å². The lowest BCUT2D eigenvalue weighted by Crippen LogP contribution is -1.97. The van der Waals surface area contributed by atoms with E-state index in [1.165, 1.54) is 12.8 Å². The van der Waals surface area contributed by atoms with Gasteiger partial charge in [0.2, 0.25) is 0 Å². The van der Waals surface area contributed by atoms with Crippen LogP contribution < -0.4 is 14.2 Å². The summed E-state index contributed by atoms with van der Waals surface area (Å²) in [5, 5.41) is 18.4. The van der Waals surface area contributed by atoms with Gasteiger partial charge in [0.05, 0.1) is 32.5 Å². The maximum absolute atomic E-state index is 9.60. The number of benzene rings is 2. The van der Waals surface area contributed by atoms with E-state index in [9.17, 15) is 5.26 Å². The maximum atomic E-state index is 9.60. The molecule has 0 radical (unpaired) electrons. The van der Waals surface area contributed by atoms with Crippen LogP contribution in [0.4, 0.5) is 0 Å². The summed E-state index contributed by atoms with van der Waals surface area (Å²) >= 11 is 0. The van der Waals surface area contributed by atoms with Crippen molar-refractivity contribution in [3.63, 3.8) is 0 Å². The Bertz CT molecular complexity index is 837. The number of nitriles is 1. The predicted molar refractivity (Wildman–Crippen MR) is 120 cm³/mol. The molecule has 0 unspecified atom stereocenters. The van der Waals surface area contributed by atoms with Gasteiger partial charge in [0.1, 0.15) is 5.75 Å². The molecule has 0 saturated carbocycles. The highest BCUT2D eigenvalue weighted by atomic mass is 16.5. The van der Waals surface area contributed by atoms with Crippen LogP contribution in [0.25, 0.3) is 11.6 Å². The monoisotopic (exact) mass is 409 g/mol. The Labute approximate surface area is 179 Å². The minimum atomic E-state index is 0.288. The van der Waals surface area contributed by atoms with Gasteiger partial charge >= 0.3 is 0 Å². The molecule has 2 aromatic rings. The van der Waals surface area contributed by atoms with Crippen LogP contribution >= 0.6 is 0 Å². The highest BCUT2D eigenvalue weighted by Gasteiger charge is 2.06. The molecule has 0 spiro atoms. The number of aliphatic hydroxyl groups excluding tert-OH is 1. The minimum Gasteiger partial charge on any atom is -0.494 e. The van der Waals surface area contributed by atoms with E-state index in [4.69, 9.17) is 19.3 Å². The number of hydrogen-bond donors (Lipinski definition) is 1. The van der Waals surface area contributed by atoms with E-state index >= 15 is 0 Å². The lowest BCUT2D eigenvalue weighted by atomic mass is 10.0. The molecule has 0 aliphatic carbocycles. The third-order valence-corrected chi connectivity index (χ3v) is 4.83. The van der Waals surface area contributed by atoms with Gasteiger partial charge in [-0.15, -0.1) is 0 Å². The molecule has 0 heterocycles. The first-order chi connectivity index (χ1) is 14.7. The van der Waals surface area contributed by atoms with E-state index in [0.29, 0.717) is 23.7 Å². The Balaban J connectivity index is 1.91. The van der Waals surface area contributed by atoms with Gasteiger partial charge in [-0.2, -0.15) is 5.26 Å². The number of methoxy groups -OCH3 is 2. The largest absolute Gasteiger partial charge is 0.494 e. The Morgan fingerprint density at radius 2 is 1.57 bits per heavy atom. The average Bonchev–Trinajstić information content (AvgIpc) is 2.79. The number of ether oxygens (including phenoxy) is 3. The van der Waals surface area contributed by atoms with Crippen molar-refractivity contribution in [3.8, 4) is 23.3 Å². The van der Waals surface area contributed by atoms with E-state index in [0.717, 1.165) is 42.6 Å². The summed E-state index contributed by atoms with van der Waals surface area (Å²) in [6.07, 6.45) is 8.31. The molecule has 0 aromatic heterocycles. The number of allylic oxidation sites excluding steroid dienone is 1. The second-order valence-electron chi connectivity index (χ2n) is 7.00. The Hall–Kier alpha value is -2.97. The number of aliphatic hydroxyl groups is 1. The van der Waals surface area contributed by atoms with Crippen molar-refractivity contribution in [2.24, 2.45) is 0 Å². The van der Waals surface area contributed by atoms with Crippen LogP contribution in [0.3, 0.4) is 0 Å². The minimum absolute atomic E-state index is 0.288. The molecule has 160 valence electrons. The molecule has 2 rings (SSSR count). The molecule has 0 bridgehead atoms. The molecule has 2 aromatic carbocycles. The van der Waals surface area contributed by atoms with Crippen molar-refractivity contribution in [2.75, 3.05) is 27.4 Å². The molecule has 5 heteroatoms. The summed E-state index contributed by atoms with van der Waals surface area (Å²) < 4.78 is 16.4. The number of hydrogen-bond acceptors (Lipinski definition) is 5. The van der Waals surface area contributed by atoms with Gasteiger partial charge in [0, 0.05) is 6.61 Å². The second kappa shape index (κ2) is 13.3. The van der Waals surface area contributed by atoms with Crippen LogP contribution in [0, 0.1) is 11.3 Å². The lowest BCUT2D eigenvalue weighted by molar-refractivity contribution is 0.280. The highest BCUT2D eigenvalue weighted by Crippen LogP contribution is 2.29. The standard InChI is InChI=1S/C25H31NO4/c1-28-24-14-9-20(18-25(24)29-2)17-22(19-26)21-10-12-23(13-11-21)30-16-8-6-4-3-5-7-15-27/h9-14,17-18,27H,3-8,15-16H2,1-2H3/b22-17+. The van der Waals surface area contributed by atoms with Crippen molar-refractivity contribution in [2.45, 2.75) is 38.5 Å². The summed E-state index contributed by atoms with van der Waals surface area (Å²) in [5.74, 6) is 2.09. The normalized spacial score (nSPS) is 11.1. The number of nitrogens with zero attached hydrogens (tertiary/aromatic N) is 1. The SMILES string of the molecule is COc1ccc(/C=C(\C#N)c2ccc(OCCCCCCCCO)cc2)cc1OC. The van der Waals surface area contributed by atoms with Crippen molar-refractivity contribution >= 4 is 11.6 Å². The fourth-order valence-corrected chi connectivity index (χ4v) is 3.13.